The zero-order valence-corrected chi connectivity index (χ0v) is 14.5. The lowest BCUT2D eigenvalue weighted by Crippen LogP contribution is -2.48. The van der Waals surface area contributed by atoms with Crippen LogP contribution in [0.15, 0.2) is 18.2 Å². The lowest BCUT2D eigenvalue weighted by atomic mass is 9.95. The van der Waals surface area contributed by atoms with Crippen molar-refractivity contribution in [2.75, 3.05) is 19.7 Å². The van der Waals surface area contributed by atoms with Crippen LogP contribution >= 0.6 is 12.4 Å². The number of amides is 1. The number of carbonyl (C=O) groups is 1. The van der Waals surface area contributed by atoms with E-state index in [0.29, 0.717) is 25.0 Å². The van der Waals surface area contributed by atoms with E-state index in [1.807, 2.05) is 19.1 Å². The summed E-state index contributed by atoms with van der Waals surface area (Å²) in [5.74, 6) is 1.44. The first-order valence-electron chi connectivity index (χ1n) is 7.77. The number of ether oxygens (including phenoxy) is 1. The minimum absolute atomic E-state index is 0. The molecule has 0 radical (unpaired) electrons. The summed E-state index contributed by atoms with van der Waals surface area (Å²) in [6.45, 7) is 8.66. The zero-order chi connectivity index (χ0) is 15.2. The van der Waals surface area contributed by atoms with Gasteiger partial charge in [-0.2, -0.15) is 0 Å². The van der Waals surface area contributed by atoms with Crippen molar-refractivity contribution in [1.82, 2.24) is 10.6 Å². The molecule has 1 heterocycles. The normalized spacial score (nSPS) is 20.9. The molecule has 0 aromatic heterocycles. The van der Waals surface area contributed by atoms with E-state index in [9.17, 15) is 4.79 Å². The summed E-state index contributed by atoms with van der Waals surface area (Å²) in [5, 5.41) is 6.46. The molecule has 1 amide bonds. The van der Waals surface area contributed by atoms with Gasteiger partial charge < -0.3 is 15.4 Å². The van der Waals surface area contributed by atoms with Gasteiger partial charge in [0.2, 0.25) is 5.91 Å². The largest absolute Gasteiger partial charge is 0.493 e. The Labute approximate surface area is 139 Å². The maximum atomic E-state index is 12.0. The number of nitrogens with one attached hydrogen (secondary N) is 2. The van der Waals surface area contributed by atoms with Crippen LogP contribution in [-0.4, -0.2) is 31.6 Å². The molecule has 5 heteroatoms. The second-order valence-electron chi connectivity index (χ2n) is 5.94. The molecule has 0 spiro atoms. The molecule has 124 valence electrons. The fraction of sp³-hybridized carbons (Fsp3) is 0.588. The van der Waals surface area contributed by atoms with Crippen molar-refractivity contribution >= 4 is 18.3 Å². The van der Waals surface area contributed by atoms with Gasteiger partial charge in [-0.05, 0) is 56.5 Å². The first kappa shape index (κ1) is 18.8. The van der Waals surface area contributed by atoms with Crippen LogP contribution in [0.4, 0.5) is 0 Å². The van der Waals surface area contributed by atoms with Crippen molar-refractivity contribution in [2.45, 2.75) is 39.7 Å². The van der Waals surface area contributed by atoms with E-state index >= 15 is 0 Å². The number of carbonyl (C=O) groups excluding carboxylic acids is 1. The first-order chi connectivity index (χ1) is 10.1. The van der Waals surface area contributed by atoms with E-state index in [4.69, 9.17) is 4.74 Å². The maximum absolute atomic E-state index is 12.0. The number of aryl methyl sites for hydroxylation is 1. The molecule has 2 unspecified atom stereocenters. The molecule has 2 N–H and O–H groups in total. The van der Waals surface area contributed by atoms with Crippen LogP contribution in [0.3, 0.4) is 0 Å². The molecule has 1 aliphatic heterocycles. The number of hydrogen-bond acceptors (Lipinski definition) is 3. The molecular weight excluding hydrogens is 300 g/mol. The Kier molecular flexibility index (Phi) is 7.69. The predicted molar refractivity (Wildman–Crippen MR) is 91.9 cm³/mol. The van der Waals surface area contributed by atoms with Crippen LogP contribution in [0.25, 0.3) is 0 Å². The third kappa shape index (κ3) is 5.18. The highest BCUT2D eigenvalue weighted by atomic mass is 35.5. The van der Waals surface area contributed by atoms with Gasteiger partial charge in [0, 0.05) is 6.04 Å². The second-order valence-corrected chi connectivity index (χ2v) is 5.94. The van der Waals surface area contributed by atoms with Crippen LogP contribution in [0.2, 0.25) is 0 Å². The lowest BCUT2D eigenvalue weighted by molar-refractivity contribution is -0.122. The van der Waals surface area contributed by atoms with Crippen molar-refractivity contribution in [2.24, 2.45) is 5.92 Å². The molecule has 0 aliphatic carbocycles. The minimum Gasteiger partial charge on any atom is -0.493 e. The summed E-state index contributed by atoms with van der Waals surface area (Å²) < 4.78 is 5.73. The Balaban J connectivity index is 0.00000242. The Morgan fingerprint density at radius 2 is 2.18 bits per heavy atom. The molecule has 2 atom stereocenters. The van der Waals surface area contributed by atoms with Gasteiger partial charge in [-0.15, -0.1) is 12.4 Å². The highest BCUT2D eigenvalue weighted by Gasteiger charge is 2.22. The number of piperidine rings is 1. The van der Waals surface area contributed by atoms with Gasteiger partial charge in [-0.25, -0.2) is 0 Å². The Hall–Kier alpha value is -1.26. The summed E-state index contributed by atoms with van der Waals surface area (Å²) in [6.07, 6.45) is 1.41. The maximum Gasteiger partial charge on any atom is 0.223 e. The van der Waals surface area contributed by atoms with Gasteiger partial charge in [0.15, 0.2) is 0 Å². The van der Waals surface area contributed by atoms with Crippen LogP contribution < -0.4 is 15.4 Å². The van der Waals surface area contributed by atoms with Crippen molar-refractivity contribution in [3.8, 4) is 5.75 Å². The fourth-order valence-electron chi connectivity index (χ4n) is 2.64. The summed E-state index contributed by atoms with van der Waals surface area (Å²) in [5.41, 5.74) is 2.35. The number of rotatable bonds is 5. The Morgan fingerprint density at radius 3 is 2.91 bits per heavy atom. The zero-order valence-electron chi connectivity index (χ0n) is 13.6. The van der Waals surface area contributed by atoms with Crippen molar-refractivity contribution < 1.29 is 9.53 Å². The second kappa shape index (κ2) is 9.01. The van der Waals surface area contributed by atoms with E-state index in [2.05, 4.69) is 30.5 Å². The molecule has 1 aromatic rings. The van der Waals surface area contributed by atoms with Gasteiger partial charge in [0.25, 0.3) is 0 Å². The van der Waals surface area contributed by atoms with Gasteiger partial charge in [-0.3, -0.25) is 4.79 Å². The standard InChI is InChI=1S/C17H26N2O2.ClH/c1-12-5-4-6-16(14(12)3)21-10-8-17(20)19-15-7-9-18-11-13(15)2;/h4-6,13,15,18H,7-11H2,1-3H3,(H,19,20);1H. The highest BCUT2D eigenvalue weighted by molar-refractivity contribution is 5.85. The van der Waals surface area contributed by atoms with Crippen molar-refractivity contribution in [3.63, 3.8) is 0 Å². The van der Waals surface area contributed by atoms with E-state index in [-0.39, 0.29) is 18.3 Å². The van der Waals surface area contributed by atoms with Crippen LogP contribution in [-0.2, 0) is 4.79 Å². The summed E-state index contributed by atoms with van der Waals surface area (Å²) in [7, 11) is 0. The SMILES string of the molecule is Cc1cccc(OCCC(=O)NC2CCNCC2C)c1C.Cl. The molecule has 1 fully saturated rings. The minimum atomic E-state index is 0. The molecule has 1 aliphatic rings. The molecule has 4 nitrogen and oxygen atoms in total. The van der Waals surface area contributed by atoms with Gasteiger partial charge in [0.05, 0.1) is 13.0 Å². The Morgan fingerprint density at radius 1 is 1.41 bits per heavy atom. The summed E-state index contributed by atoms with van der Waals surface area (Å²) >= 11 is 0. The highest BCUT2D eigenvalue weighted by Crippen LogP contribution is 2.20. The number of hydrogen-bond donors (Lipinski definition) is 2. The first-order valence-corrected chi connectivity index (χ1v) is 7.77. The monoisotopic (exact) mass is 326 g/mol. The molecule has 0 bridgehead atoms. The average molecular weight is 327 g/mol. The van der Waals surface area contributed by atoms with Crippen molar-refractivity contribution in [3.05, 3.63) is 29.3 Å². The average Bonchev–Trinajstić information content (AvgIpc) is 2.46. The molecular formula is C17H27ClN2O2. The summed E-state index contributed by atoms with van der Waals surface area (Å²) in [6, 6.07) is 6.29. The molecule has 2 rings (SSSR count). The fourth-order valence-corrected chi connectivity index (χ4v) is 2.64. The van der Waals surface area contributed by atoms with E-state index in [0.717, 1.165) is 30.8 Å². The van der Waals surface area contributed by atoms with Gasteiger partial charge in [-0.1, -0.05) is 19.1 Å². The van der Waals surface area contributed by atoms with Crippen LogP contribution in [0, 0.1) is 19.8 Å². The molecule has 1 aromatic carbocycles. The smallest absolute Gasteiger partial charge is 0.223 e. The molecule has 22 heavy (non-hydrogen) atoms. The third-order valence-corrected chi connectivity index (χ3v) is 4.27. The number of benzene rings is 1. The van der Waals surface area contributed by atoms with E-state index in [1.165, 1.54) is 5.56 Å². The van der Waals surface area contributed by atoms with Crippen molar-refractivity contribution in [1.29, 1.82) is 0 Å². The molecule has 1 saturated heterocycles. The Bertz CT molecular complexity index is 494. The van der Waals surface area contributed by atoms with Crippen LogP contribution in [0.1, 0.15) is 30.9 Å². The van der Waals surface area contributed by atoms with Gasteiger partial charge in [0.1, 0.15) is 5.75 Å². The summed E-state index contributed by atoms with van der Waals surface area (Å²) in [4.78, 5) is 12.0. The topological polar surface area (TPSA) is 50.4 Å². The van der Waals surface area contributed by atoms with E-state index in [1.54, 1.807) is 0 Å². The predicted octanol–water partition coefficient (Wildman–Crippen LogP) is 2.61. The number of halogens is 1. The molecule has 0 saturated carbocycles. The third-order valence-electron chi connectivity index (χ3n) is 4.27. The lowest BCUT2D eigenvalue weighted by Gasteiger charge is -2.30. The quantitative estimate of drug-likeness (QED) is 0.874. The van der Waals surface area contributed by atoms with Crippen LogP contribution in [0.5, 0.6) is 5.75 Å². The van der Waals surface area contributed by atoms with Gasteiger partial charge >= 0.3 is 0 Å². The van der Waals surface area contributed by atoms with E-state index < -0.39 is 0 Å².